The number of hydrogen-bond donors (Lipinski definition) is 2. The van der Waals surface area contributed by atoms with Gasteiger partial charge in [0.05, 0.1) is 6.26 Å². The molecule has 5 heteroatoms. The summed E-state index contributed by atoms with van der Waals surface area (Å²) in [4.78, 5) is 11.7. The van der Waals surface area contributed by atoms with Crippen molar-refractivity contribution in [2.24, 2.45) is 5.73 Å². The van der Waals surface area contributed by atoms with E-state index in [0.29, 0.717) is 13.1 Å². The molecule has 0 spiro atoms. The van der Waals surface area contributed by atoms with Gasteiger partial charge in [-0.25, -0.2) is 4.79 Å². The molecule has 0 aliphatic rings. The van der Waals surface area contributed by atoms with Gasteiger partial charge in [-0.15, -0.1) is 0 Å². The van der Waals surface area contributed by atoms with Crippen molar-refractivity contribution < 1.29 is 13.9 Å². The Kier molecular flexibility index (Phi) is 4.53. The number of alkyl carbamates (subject to hydrolysis) is 1. The van der Waals surface area contributed by atoms with Crippen LogP contribution in [0.3, 0.4) is 0 Å². The lowest BCUT2D eigenvalue weighted by atomic mass is 9.98. The van der Waals surface area contributed by atoms with Gasteiger partial charge in [0.15, 0.2) is 0 Å². The predicted molar refractivity (Wildman–Crippen MR) is 82.2 cm³/mol. The van der Waals surface area contributed by atoms with Gasteiger partial charge >= 0.3 is 6.09 Å². The minimum Gasteiger partial charge on any atom is -0.464 e. The lowest BCUT2D eigenvalue weighted by Gasteiger charge is -2.21. The van der Waals surface area contributed by atoms with E-state index in [1.165, 1.54) is 0 Å². The lowest BCUT2D eigenvalue weighted by molar-refractivity contribution is 0.0525. The van der Waals surface area contributed by atoms with Crippen LogP contribution < -0.4 is 11.1 Å². The summed E-state index contributed by atoms with van der Waals surface area (Å²) < 4.78 is 10.5. The second-order valence-corrected chi connectivity index (χ2v) is 6.03. The van der Waals surface area contributed by atoms with E-state index in [1.54, 1.807) is 6.26 Å². The summed E-state index contributed by atoms with van der Waals surface area (Å²) >= 11 is 0. The summed E-state index contributed by atoms with van der Waals surface area (Å²) in [5.74, 6) is 0.0387. The maximum atomic E-state index is 11.7. The first-order valence-electron chi connectivity index (χ1n) is 7.03. The molecule has 0 radical (unpaired) electrons. The number of nitrogens with one attached hydrogen (secondary N) is 1. The number of rotatable bonds is 4. The molecule has 2 aromatic rings. The standard InChI is InChI=1S/C16H22N2O3/c1-16(2,3)21-15(19)18-10-13(9-17)11-4-5-14-12(8-11)6-7-20-14/h4-8,13H,9-10,17H2,1-3H3,(H,18,19). The van der Waals surface area contributed by atoms with Gasteiger partial charge in [0.25, 0.3) is 0 Å². The molecular weight excluding hydrogens is 268 g/mol. The normalized spacial score (nSPS) is 13.1. The SMILES string of the molecule is CC(C)(C)OC(=O)NCC(CN)c1ccc2occc2c1. The molecule has 0 aliphatic heterocycles. The Hall–Kier alpha value is -2.01. The van der Waals surface area contributed by atoms with Gasteiger partial charge in [0.1, 0.15) is 11.2 Å². The Labute approximate surface area is 124 Å². The third-order valence-electron chi connectivity index (χ3n) is 3.12. The monoisotopic (exact) mass is 290 g/mol. The highest BCUT2D eigenvalue weighted by atomic mass is 16.6. The van der Waals surface area contributed by atoms with E-state index in [4.69, 9.17) is 14.9 Å². The van der Waals surface area contributed by atoms with E-state index in [9.17, 15) is 4.79 Å². The summed E-state index contributed by atoms with van der Waals surface area (Å²) in [7, 11) is 0. The third kappa shape index (κ3) is 4.23. The fourth-order valence-electron chi connectivity index (χ4n) is 2.10. The molecule has 21 heavy (non-hydrogen) atoms. The van der Waals surface area contributed by atoms with Gasteiger partial charge in [0.2, 0.25) is 0 Å². The molecule has 0 saturated carbocycles. The highest BCUT2D eigenvalue weighted by molar-refractivity contribution is 5.78. The van der Waals surface area contributed by atoms with Crippen LogP contribution in [0, 0.1) is 0 Å². The number of hydrogen-bond acceptors (Lipinski definition) is 4. The number of furan rings is 1. The molecular formula is C16H22N2O3. The van der Waals surface area contributed by atoms with Gasteiger partial charge in [0, 0.05) is 24.4 Å². The van der Waals surface area contributed by atoms with E-state index in [0.717, 1.165) is 16.5 Å². The second-order valence-electron chi connectivity index (χ2n) is 6.03. The first-order valence-corrected chi connectivity index (χ1v) is 7.03. The second kappa shape index (κ2) is 6.18. The van der Waals surface area contributed by atoms with Gasteiger partial charge < -0.3 is 20.2 Å². The number of carbonyl (C=O) groups excluding carboxylic acids is 1. The van der Waals surface area contributed by atoms with Crippen molar-refractivity contribution in [1.29, 1.82) is 0 Å². The fourth-order valence-corrected chi connectivity index (χ4v) is 2.10. The zero-order valence-electron chi connectivity index (χ0n) is 12.7. The van der Waals surface area contributed by atoms with E-state index >= 15 is 0 Å². The fraction of sp³-hybridized carbons (Fsp3) is 0.438. The quantitative estimate of drug-likeness (QED) is 0.907. The Morgan fingerprint density at radius 3 is 2.81 bits per heavy atom. The molecule has 1 aromatic heterocycles. The minimum absolute atomic E-state index is 0.0387. The van der Waals surface area contributed by atoms with Crippen molar-refractivity contribution in [2.75, 3.05) is 13.1 Å². The number of fused-ring (bicyclic) bond motifs is 1. The predicted octanol–water partition coefficient (Wildman–Crippen LogP) is 3.00. The van der Waals surface area contributed by atoms with Crippen molar-refractivity contribution >= 4 is 17.1 Å². The Morgan fingerprint density at radius 1 is 1.38 bits per heavy atom. The lowest BCUT2D eigenvalue weighted by Crippen LogP contribution is -2.36. The van der Waals surface area contributed by atoms with Crippen LogP contribution in [0.25, 0.3) is 11.0 Å². The number of nitrogens with two attached hydrogens (primary N) is 1. The maximum Gasteiger partial charge on any atom is 0.407 e. The van der Waals surface area contributed by atoms with Crippen LogP contribution in [0.5, 0.6) is 0 Å². The van der Waals surface area contributed by atoms with E-state index < -0.39 is 11.7 Å². The van der Waals surface area contributed by atoms with Crippen molar-refractivity contribution in [3.05, 3.63) is 36.1 Å². The molecule has 114 valence electrons. The summed E-state index contributed by atoms with van der Waals surface area (Å²) in [5.41, 5.74) is 7.23. The highest BCUT2D eigenvalue weighted by Gasteiger charge is 2.18. The van der Waals surface area contributed by atoms with Crippen molar-refractivity contribution in [3.63, 3.8) is 0 Å². The van der Waals surface area contributed by atoms with E-state index in [-0.39, 0.29) is 5.92 Å². The van der Waals surface area contributed by atoms with Crippen LogP contribution in [-0.4, -0.2) is 24.8 Å². The number of amides is 1. The van der Waals surface area contributed by atoms with Crippen molar-refractivity contribution in [2.45, 2.75) is 32.3 Å². The number of ether oxygens (including phenoxy) is 1. The van der Waals surface area contributed by atoms with E-state index in [2.05, 4.69) is 5.32 Å². The largest absolute Gasteiger partial charge is 0.464 e. The van der Waals surface area contributed by atoms with E-state index in [1.807, 2.05) is 45.0 Å². The molecule has 0 aliphatic carbocycles. The zero-order valence-corrected chi connectivity index (χ0v) is 12.7. The third-order valence-corrected chi connectivity index (χ3v) is 3.12. The smallest absolute Gasteiger partial charge is 0.407 e. The number of carbonyl (C=O) groups is 1. The molecule has 5 nitrogen and oxygen atoms in total. The first-order chi connectivity index (χ1) is 9.89. The molecule has 0 fully saturated rings. The maximum absolute atomic E-state index is 11.7. The summed E-state index contributed by atoms with van der Waals surface area (Å²) in [5, 5.41) is 3.80. The van der Waals surface area contributed by atoms with Crippen LogP contribution in [0.1, 0.15) is 32.3 Å². The zero-order chi connectivity index (χ0) is 15.5. The minimum atomic E-state index is -0.502. The molecule has 0 saturated heterocycles. The van der Waals surface area contributed by atoms with Crippen molar-refractivity contribution in [3.8, 4) is 0 Å². The summed E-state index contributed by atoms with van der Waals surface area (Å²) in [6.07, 6.45) is 1.23. The molecule has 1 unspecified atom stereocenters. The first kappa shape index (κ1) is 15.4. The molecule has 1 amide bonds. The van der Waals surface area contributed by atoms with Crippen LogP contribution in [-0.2, 0) is 4.74 Å². The van der Waals surface area contributed by atoms with Gasteiger partial charge in [-0.3, -0.25) is 0 Å². The molecule has 1 atom stereocenters. The Balaban J connectivity index is 2.01. The van der Waals surface area contributed by atoms with Crippen molar-refractivity contribution in [1.82, 2.24) is 5.32 Å². The topological polar surface area (TPSA) is 77.5 Å². The molecule has 1 heterocycles. The highest BCUT2D eigenvalue weighted by Crippen LogP contribution is 2.22. The molecule has 2 rings (SSSR count). The van der Waals surface area contributed by atoms with Crippen LogP contribution >= 0.6 is 0 Å². The van der Waals surface area contributed by atoms with Crippen LogP contribution in [0.2, 0.25) is 0 Å². The average molecular weight is 290 g/mol. The number of benzene rings is 1. The Morgan fingerprint density at radius 2 is 2.14 bits per heavy atom. The van der Waals surface area contributed by atoms with Gasteiger partial charge in [-0.2, -0.15) is 0 Å². The van der Waals surface area contributed by atoms with Gasteiger partial charge in [-0.1, -0.05) is 6.07 Å². The van der Waals surface area contributed by atoms with Crippen LogP contribution in [0.15, 0.2) is 34.9 Å². The Bertz CT molecular complexity index is 613. The molecule has 1 aromatic carbocycles. The molecule has 0 bridgehead atoms. The van der Waals surface area contributed by atoms with Crippen LogP contribution in [0.4, 0.5) is 4.79 Å². The average Bonchev–Trinajstić information content (AvgIpc) is 2.84. The molecule has 3 N–H and O–H groups in total. The summed E-state index contributed by atoms with van der Waals surface area (Å²) in [6.45, 7) is 6.38. The summed E-state index contributed by atoms with van der Waals surface area (Å²) in [6, 6.07) is 7.84. The van der Waals surface area contributed by atoms with Gasteiger partial charge in [-0.05, 0) is 44.5 Å².